The first-order valence-electron chi connectivity index (χ1n) is 5.68. The summed E-state index contributed by atoms with van der Waals surface area (Å²) < 4.78 is 5.56. The van der Waals surface area contributed by atoms with Crippen LogP contribution >= 0.6 is 0 Å². The van der Waals surface area contributed by atoms with E-state index >= 15 is 0 Å². The summed E-state index contributed by atoms with van der Waals surface area (Å²) in [5, 5.41) is 2.68. The molecule has 1 heterocycles. The first-order valence-corrected chi connectivity index (χ1v) is 5.68. The number of aromatic nitrogens is 1. The molecule has 90 valence electrons. The Bertz CT molecular complexity index is 375. The second-order valence-electron chi connectivity index (χ2n) is 4.76. The van der Waals surface area contributed by atoms with Crippen molar-refractivity contribution in [1.29, 1.82) is 0 Å². The highest BCUT2D eigenvalue weighted by atomic mass is 16.4. The van der Waals surface area contributed by atoms with Crippen LogP contribution in [0.15, 0.2) is 4.42 Å². The zero-order chi connectivity index (χ0) is 12.3. The minimum atomic E-state index is -0.243. The first kappa shape index (κ1) is 12.7. The van der Waals surface area contributed by atoms with Crippen molar-refractivity contribution in [3.05, 3.63) is 17.3 Å². The van der Waals surface area contributed by atoms with Crippen molar-refractivity contribution in [2.75, 3.05) is 6.54 Å². The van der Waals surface area contributed by atoms with Gasteiger partial charge in [0.1, 0.15) is 5.76 Å². The molecule has 0 aromatic carbocycles. The van der Waals surface area contributed by atoms with Crippen molar-refractivity contribution in [2.24, 2.45) is 0 Å². The maximum atomic E-state index is 11.6. The van der Waals surface area contributed by atoms with E-state index in [1.165, 1.54) is 0 Å². The van der Waals surface area contributed by atoms with E-state index in [9.17, 15) is 4.79 Å². The number of rotatable bonds is 3. The highest BCUT2D eigenvalue weighted by Crippen LogP contribution is 2.27. The number of carbonyl (C=O) groups is 1. The number of aryl methyl sites for hydroxylation is 1. The van der Waals surface area contributed by atoms with Gasteiger partial charge < -0.3 is 9.73 Å². The van der Waals surface area contributed by atoms with Crippen molar-refractivity contribution in [2.45, 2.75) is 46.5 Å². The smallest absolute Gasteiger partial charge is 0.307 e. The average Bonchev–Trinajstić information content (AvgIpc) is 2.61. The van der Waals surface area contributed by atoms with Crippen LogP contribution in [0.2, 0.25) is 0 Å². The van der Waals surface area contributed by atoms with Crippen LogP contribution in [0.1, 0.15) is 56.8 Å². The summed E-state index contributed by atoms with van der Waals surface area (Å²) in [5.74, 6) is 0.729. The topological polar surface area (TPSA) is 55.1 Å². The van der Waals surface area contributed by atoms with Gasteiger partial charge in [-0.3, -0.25) is 4.79 Å². The Labute approximate surface area is 96.4 Å². The predicted octanol–water partition coefficient (Wildman–Crippen LogP) is 2.28. The van der Waals surface area contributed by atoms with Crippen LogP contribution in [0, 0.1) is 0 Å². The first-order chi connectivity index (χ1) is 7.40. The van der Waals surface area contributed by atoms with Crippen LogP contribution < -0.4 is 5.32 Å². The van der Waals surface area contributed by atoms with Crippen LogP contribution in [0.3, 0.4) is 0 Å². The van der Waals surface area contributed by atoms with E-state index in [0.29, 0.717) is 6.54 Å². The molecule has 0 aliphatic heterocycles. The van der Waals surface area contributed by atoms with Gasteiger partial charge in [-0.25, -0.2) is 4.98 Å². The highest BCUT2D eigenvalue weighted by molar-refractivity contribution is 5.89. The summed E-state index contributed by atoms with van der Waals surface area (Å²) in [6.45, 7) is 10.6. The Morgan fingerprint density at radius 1 is 1.38 bits per heavy atom. The van der Waals surface area contributed by atoms with Gasteiger partial charge >= 0.3 is 5.91 Å². The molecule has 0 unspecified atom stereocenters. The molecule has 0 fully saturated rings. The minimum Gasteiger partial charge on any atom is -0.437 e. The van der Waals surface area contributed by atoms with Gasteiger partial charge in [0.15, 0.2) is 0 Å². The van der Waals surface area contributed by atoms with Crippen molar-refractivity contribution in [3.63, 3.8) is 0 Å². The standard InChI is InChI=1S/C12H20N2O2/c1-6-8-9(12(3,4)5)16-11(14-8)10(15)13-7-2/h6-7H2,1-5H3,(H,13,15). The fourth-order valence-corrected chi connectivity index (χ4v) is 1.51. The van der Waals surface area contributed by atoms with E-state index in [0.717, 1.165) is 17.9 Å². The molecule has 1 amide bonds. The molecule has 1 N–H and O–H groups in total. The fraction of sp³-hybridized carbons (Fsp3) is 0.667. The lowest BCUT2D eigenvalue weighted by Gasteiger charge is -2.15. The third-order valence-corrected chi connectivity index (χ3v) is 2.24. The van der Waals surface area contributed by atoms with Gasteiger partial charge in [0.25, 0.3) is 5.89 Å². The normalized spacial score (nSPS) is 11.6. The molecule has 0 bridgehead atoms. The second-order valence-corrected chi connectivity index (χ2v) is 4.76. The van der Waals surface area contributed by atoms with E-state index in [4.69, 9.17) is 4.42 Å². The van der Waals surface area contributed by atoms with Gasteiger partial charge in [0, 0.05) is 12.0 Å². The minimum absolute atomic E-state index is 0.122. The molecule has 0 aliphatic rings. The number of hydrogen-bond donors (Lipinski definition) is 1. The number of nitrogens with one attached hydrogen (secondary N) is 1. The Balaban J connectivity index is 3.08. The molecule has 1 aromatic heterocycles. The Hall–Kier alpha value is -1.32. The summed E-state index contributed by atoms with van der Waals surface area (Å²) >= 11 is 0. The van der Waals surface area contributed by atoms with Crippen molar-refractivity contribution < 1.29 is 9.21 Å². The molecule has 1 aromatic rings. The molecule has 1 rings (SSSR count). The maximum absolute atomic E-state index is 11.6. The predicted molar refractivity (Wildman–Crippen MR) is 62.6 cm³/mol. The fourth-order valence-electron chi connectivity index (χ4n) is 1.51. The molecule has 4 nitrogen and oxygen atoms in total. The molecule has 0 saturated carbocycles. The maximum Gasteiger partial charge on any atom is 0.307 e. The van der Waals surface area contributed by atoms with Crippen molar-refractivity contribution >= 4 is 5.91 Å². The number of amides is 1. The molecule has 4 heteroatoms. The molecule has 0 radical (unpaired) electrons. The molecule has 0 spiro atoms. The number of nitrogens with zero attached hydrogens (tertiary/aromatic N) is 1. The van der Waals surface area contributed by atoms with Gasteiger partial charge in [0.05, 0.1) is 5.69 Å². The van der Waals surface area contributed by atoms with Crippen molar-refractivity contribution in [1.82, 2.24) is 10.3 Å². The summed E-state index contributed by atoms with van der Waals surface area (Å²) in [4.78, 5) is 15.8. The van der Waals surface area contributed by atoms with Gasteiger partial charge in [-0.05, 0) is 13.3 Å². The third kappa shape index (κ3) is 2.62. The number of hydrogen-bond acceptors (Lipinski definition) is 3. The number of carbonyl (C=O) groups excluding carboxylic acids is 1. The summed E-state index contributed by atoms with van der Waals surface area (Å²) in [6, 6.07) is 0. The summed E-state index contributed by atoms with van der Waals surface area (Å²) in [6.07, 6.45) is 0.773. The highest BCUT2D eigenvalue weighted by Gasteiger charge is 2.26. The quantitative estimate of drug-likeness (QED) is 0.857. The lowest BCUT2D eigenvalue weighted by atomic mass is 9.91. The Kier molecular flexibility index (Phi) is 3.73. The van der Waals surface area contributed by atoms with Crippen LogP contribution in [0.4, 0.5) is 0 Å². The Morgan fingerprint density at radius 3 is 2.38 bits per heavy atom. The number of oxazole rings is 1. The van der Waals surface area contributed by atoms with E-state index in [1.54, 1.807) is 0 Å². The zero-order valence-corrected chi connectivity index (χ0v) is 10.7. The lowest BCUT2D eigenvalue weighted by Crippen LogP contribution is -2.23. The average molecular weight is 224 g/mol. The molecule has 0 saturated heterocycles. The van der Waals surface area contributed by atoms with E-state index in [-0.39, 0.29) is 17.2 Å². The summed E-state index contributed by atoms with van der Waals surface area (Å²) in [5.41, 5.74) is 0.747. The molecule has 0 aliphatic carbocycles. The molecule has 16 heavy (non-hydrogen) atoms. The Morgan fingerprint density at radius 2 is 2.00 bits per heavy atom. The molecule has 0 atom stereocenters. The largest absolute Gasteiger partial charge is 0.437 e. The van der Waals surface area contributed by atoms with E-state index in [1.807, 2.05) is 34.6 Å². The van der Waals surface area contributed by atoms with Gasteiger partial charge in [-0.2, -0.15) is 0 Å². The van der Waals surface area contributed by atoms with E-state index < -0.39 is 0 Å². The van der Waals surface area contributed by atoms with Gasteiger partial charge in [-0.1, -0.05) is 27.7 Å². The van der Waals surface area contributed by atoms with Gasteiger partial charge in [0.2, 0.25) is 0 Å². The third-order valence-electron chi connectivity index (χ3n) is 2.24. The SMILES string of the molecule is CCNC(=O)c1nc(CC)c(C(C)(C)C)o1. The summed E-state index contributed by atoms with van der Waals surface area (Å²) in [7, 11) is 0. The lowest BCUT2D eigenvalue weighted by molar-refractivity contribution is 0.0918. The second kappa shape index (κ2) is 4.68. The van der Waals surface area contributed by atoms with Crippen molar-refractivity contribution in [3.8, 4) is 0 Å². The van der Waals surface area contributed by atoms with Crippen LogP contribution in [-0.4, -0.2) is 17.4 Å². The van der Waals surface area contributed by atoms with Crippen LogP contribution in [0.25, 0.3) is 0 Å². The monoisotopic (exact) mass is 224 g/mol. The van der Waals surface area contributed by atoms with Crippen LogP contribution in [-0.2, 0) is 11.8 Å². The van der Waals surface area contributed by atoms with Crippen LogP contribution in [0.5, 0.6) is 0 Å². The molecular weight excluding hydrogens is 204 g/mol. The molecular formula is C12H20N2O2. The van der Waals surface area contributed by atoms with E-state index in [2.05, 4.69) is 10.3 Å². The zero-order valence-electron chi connectivity index (χ0n) is 10.7. The van der Waals surface area contributed by atoms with Gasteiger partial charge in [-0.15, -0.1) is 0 Å².